The van der Waals surface area contributed by atoms with Crippen LogP contribution in [-0.4, -0.2) is 42.9 Å². The van der Waals surface area contributed by atoms with Crippen LogP contribution in [0.1, 0.15) is 12.0 Å². The molecule has 1 atom stereocenters. The van der Waals surface area contributed by atoms with Crippen molar-refractivity contribution in [2.75, 3.05) is 13.2 Å². The Morgan fingerprint density at radius 2 is 2.15 bits per heavy atom. The highest BCUT2D eigenvalue weighted by atomic mass is 79.9. The Bertz CT molecular complexity index is 621. The number of rotatable bonds is 3. The van der Waals surface area contributed by atoms with Crippen molar-refractivity contribution in [2.45, 2.75) is 30.2 Å². The minimum atomic E-state index is -4.04. The minimum absolute atomic E-state index is 0.0469. The summed E-state index contributed by atoms with van der Waals surface area (Å²) in [5.74, 6) is -3.11. The van der Waals surface area contributed by atoms with Crippen molar-refractivity contribution in [3.63, 3.8) is 0 Å². The lowest BCUT2D eigenvalue weighted by molar-refractivity contribution is 0.0161. The summed E-state index contributed by atoms with van der Waals surface area (Å²) in [4.78, 5) is -0.0469. The molecule has 0 radical (unpaired) electrons. The van der Waals surface area contributed by atoms with Gasteiger partial charge in [0.1, 0.15) is 0 Å². The van der Waals surface area contributed by atoms with Crippen LogP contribution in [0.15, 0.2) is 27.6 Å². The average molecular weight is 370 g/mol. The third-order valence-electron chi connectivity index (χ3n) is 3.28. The van der Waals surface area contributed by atoms with Gasteiger partial charge in [-0.2, -0.15) is 4.31 Å². The lowest BCUT2D eigenvalue weighted by atomic mass is 10.2. The predicted molar refractivity (Wildman–Crippen MR) is 73.2 cm³/mol. The number of aliphatic hydroxyl groups excluding tert-OH is 1. The summed E-state index contributed by atoms with van der Waals surface area (Å²) in [6.07, 6.45) is -0.655. The number of hydrogen-bond donors (Lipinski definition) is 1. The van der Waals surface area contributed by atoms with Gasteiger partial charge in [-0.25, -0.2) is 17.2 Å². The molecule has 8 heteroatoms. The number of alkyl halides is 2. The van der Waals surface area contributed by atoms with E-state index in [1.807, 2.05) is 0 Å². The Morgan fingerprint density at radius 3 is 2.70 bits per heavy atom. The second-order valence-electron chi connectivity index (χ2n) is 4.86. The van der Waals surface area contributed by atoms with E-state index in [1.165, 1.54) is 12.1 Å². The number of benzene rings is 1. The molecule has 0 amide bonds. The summed E-state index contributed by atoms with van der Waals surface area (Å²) in [6, 6.07) is 3.25. The molecule has 1 heterocycles. The number of aryl methyl sites for hydroxylation is 1. The molecule has 0 aliphatic carbocycles. The minimum Gasteiger partial charge on any atom is -0.395 e. The molecule has 1 aromatic carbocycles. The molecule has 1 aromatic rings. The van der Waals surface area contributed by atoms with Gasteiger partial charge in [0.15, 0.2) is 0 Å². The molecule has 1 aliphatic rings. The second kappa shape index (κ2) is 5.32. The Balaban J connectivity index is 2.41. The molecular formula is C12H14BrF2NO3S. The Kier molecular flexibility index (Phi) is 4.21. The van der Waals surface area contributed by atoms with E-state index in [0.717, 1.165) is 4.47 Å². The Hall–Kier alpha value is -0.570. The first-order valence-electron chi connectivity index (χ1n) is 5.94. The fourth-order valence-corrected chi connectivity index (χ4v) is 4.19. The summed E-state index contributed by atoms with van der Waals surface area (Å²) in [5.41, 5.74) is 0.692. The normalized spacial score (nSPS) is 23.1. The van der Waals surface area contributed by atoms with Gasteiger partial charge in [0.2, 0.25) is 10.0 Å². The Labute approximate surface area is 124 Å². The summed E-state index contributed by atoms with van der Waals surface area (Å²) >= 11 is 3.25. The molecule has 0 saturated carbocycles. The van der Waals surface area contributed by atoms with Crippen molar-refractivity contribution in [3.8, 4) is 0 Å². The molecule has 0 bridgehead atoms. The molecule has 1 fully saturated rings. The SMILES string of the molecule is Cc1cc(S(=O)(=O)N2CC(F)(F)C[C@H]2CO)ccc1Br. The molecule has 0 aromatic heterocycles. The van der Waals surface area contributed by atoms with E-state index in [9.17, 15) is 17.2 Å². The van der Waals surface area contributed by atoms with Gasteiger partial charge < -0.3 is 5.11 Å². The third-order valence-corrected chi connectivity index (χ3v) is 6.06. The van der Waals surface area contributed by atoms with Crippen LogP contribution >= 0.6 is 15.9 Å². The summed E-state index contributed by atoms with van der Waals surface area (Å²) in [7, 11) is -4.04. The first-order chi connectivity index (χ1) is 9.17. The molecule has 20 heavy (non-hydrogen) atoms. The number of sulfonamides is 1. The molecular weight excluding hydrogens is 356 g/mol. The zero-order valence-electron chi connectivity index (χ0n) is 10.7. The maximum Gasteiger partial charge on any atom is 0.263 e. The molecule has 1 saturated heterocycles. The van der Waals surface area contributed by atoms with Crippen molar-refractivity contribution in [2.24, 2.45) is 0 Å². The average Bonchev–Trinajstić information content (AvgIpc) is 2.68. The third kappa shape index (κ3) is 2.88. The fourth-order valence-electron chi connectivity index (χ4n) is 2.22. The smallest absolute Gasteiger partial charge is 0.263 e. The summed E-state index contributed by atoms with van der Waals surface area (Å²) in [6.45, 7) is 0.200. The largest absolute Gasteiger partial charge is 0.395 e. The van der Waals surface area contributed by atoms with E-state index in [0.29, 0.717) is 9.87 Å². The second-order valence-corrected chi connectivity index (χ2v) is 7.60. The van der Waals surface area contributed by atoms with E-state index in [-0.39, 0.29) is 4.90 Å². The van der Waals surface area contributed by atoms with Crippen molar-refractivity contribution in [3.05, 3.63) is 28.2 Å². The van der Waals surface area contributed by atoms with E-state index >= 15 is 0 Å². The first-order valence-corrected chi connectivity index (χ1v) is 8.17. The van der Waals surface area contributed by atoms with Crippen LogP contribution in [0, 0.1) is 6.92 Å². The first kappa shape index (κ1) is 15.8. The lowest BCUT2D eigenvalue weighted by Gasteiger charge is -2.22. The predicted octanol–water partition coefficient (Wildman–Crippen LogP) is 2.15. The maximum absolute atomic E-state index is 13.4. The van der Waals surface area contributed by atoms with Crippen LogP contribution in [-0.2, 0) is 10.0 Å². The number of nitrogens with zero attached hydrogens (tertiary/aromatic N) is 1. The van der Waals surface area contributed by atoms with Crippen molar-refractivity contribution in [1.29, 1.82) is 0 Å². The number of aliphatic hydroxyl groups is 1. The van der Waals surface area contributed by atoms with Gasteiger partial charge in [-0.05, 0) is 30.7 Å². The lowest BCUT2D eigenvalue weighted by Crippen LogP contribution is -2.38. The Morgan fingerprint density at radius 1 is 1.50 bits per heavy atom. The zero-order chi connectivity index (χ0) is 15.1. The van der Waals surface area contributed by atoms with Crippen molar-refractivity contribution >= 4 is 26.0 Å². The quantitative estimate of drug-likeness (QED) is 0.887. The molecule has 2 rings (SSSR count). The van der Waals surface area contributed by atoms with Crippen molar-refractivity contribution in [1.82, 2.24) is 4.31 Å². The van der Waals surface area contributed by atoms with Crippen LogP contribution in [0.3, 0.4) is 0 Å². The number of halogens is 3. The highest BCUT2D eigenvalue weighted by molar-refractivity contribution is 9.10. The van der Waals surface area contributed by atoms with Gasteiger partial charge in [-0.3, -0.25) is 0 Å². The monoisotopic (exact) mass is 369 g/mol. The van der Waals surface area contributed by atoms with Crippen LogP contribution in [0.5, 0.6) is 0 Å². The van der Waals surface area contributed by atoms with E-state index < -0.39 is 41.6 Å². The topological polar surface area (TPSA) is 57.6 Å². The van der Waals surface area contributed by atoms with Gasteiger partial charge in [0.25, 0.3) is 5.92 Å². The highest BCUT2D eigenvalue weighted by Crippen LogP contribution is 2.36. The molecule has 1 N–H and O–H groups in total. The van der Waals surface area contributed by atoms with Crippen molar-refractivity contribution < 1.29 is 22.3 Å². The fraction of sp³-hybridized carbons (Fsp3) is 0.500. The molecule has 0 spiro atoms. The molecule has 112 valence electrons. The molecule has 0 unspecified atom stereocenters. The highest BCUT2D eigenvalue weighted by Gasteiger charge is 2.49. The van der Waals surface area contributed by atoms with Crippen LogP contribution < -0.4 is 0 Å². The molecule has 4 nitrogen and oxygen atoms in total. The van der Waals surface area contributed by atoms with E-state index in [2.05, 4.69) is 15.9 Å². The number of hydrogen-bond acceptors (Lipinski definition) is 3. The van der Waals surface area contributed by atoms with Gasteiger partial charge in [0.05, 0.1) is 24.1 Å². The maximum atomic E-state index is 13.4. The summed E-state index contributed by atoms with van der Waals surface area (Å²) < 4.78 is 53.1. The summed E-state index contributed by atoms with van der Waals surface area (Å²) in [5, 5.41) is 9.13. The van der Waals surface area contributed by atoms with Crippen LogP contribution in [0.4, 0.5) is 8.78 Å². The zero-order valence-corrected chi connectivity index (χ0v) is 13.1. The standard InChI is InChI=1S/C12H14BrF2NO3S/c1-8-4-10(2-3-11(8)13)20(18,19)16-7-12(14,15)5-9(16)6-17/h2-4,9,17H,5-7H2,1H3/t9-/m0/s1. The van der Waals surface area contributed by atoms with Gasteiger partial charge in [-0.15, -0.1) is 0 Å². The van der Waals surface area contributed by atoms with Gasteiger partial charge in [-0.1, -0.05) is 15.9 Å². The van der Waals surface area contributed by atoms with E-state index in [1.54, 1.807) is 13.0 Å². The van der Waals surface area contributed by atoms with E-state index in [4.69, 9.17) is 5.11 Å². The van der Waals surface area contributed by atoms with Crippen LogP contribution in [0.25, 0.3) is 0 Å². The van der Waals surface area contributed by atoms with Gasteiger partial charge in [0, 0.05) is 10.9 Å². The van der Waals surface area contributed by atoms with Crippen LogP contribution in [0.2, 0.25) is 0 Å². The molecule has 1 aliphatic heterocycles. The van der Waals surface area contributed by atoms with Gasteiger partial charge >= 0.3 is 0 Å².